The minimum atomic E-state index is -0.115. The average molecular weight is 311 g/mol. The van der Waals surface area contributed by atoms with Gasteiger partial charge in [0, 0.05) is 0 Å². The number of benzene rings is 2. The summed E-state index contributed by atoms with van der Waals surface area (Å²) in [6.45, 7) is 10.2. The molecule has 3 heteroatoms. The minimum absolute atomic E-state index is 0.0255. The summed E-state index contributed by atoms with van der Waals surface area (Å²) in [6, 6.07) is 12.1. The number of aryl methyl sites for hydroxylation is 4. The number of hydrogen-bond acceptors (Lipinski definition) is 2. The van der Waals surface area contributed by atoms with Crippen LogP contribution in [0.4, 0.5) is 0 Å². The number of hydrogen-bond donors (Lipinski definition) is 1. The number of rotatable bonds is 5. The van der Waals surface area contributed by atoms with Crippen LogP contribution in [0.15, 0.2) is 36.4 Å². The molecule has 0 bridgehead atoms. The Morgan fingerprint density at radius 1 is 1.00 bits per heavy atom. The van der Waals surface area contributed by atoms with Crippen LogP contribution in [0.5, 0.6) is 5.75 Å². The third kappa shape index (κ3) is 4.59. The average Bonchev–Trinajstić information content (AvgIpc) is 2.48. The maximum atomic E-state index is 12.1. The summed E-state index contributed by atoms with van der Waals surface area (Å²) in [5.74, 6) is 0.609. The summed E-state index contributed by atoms with van der Waals surface area (Å²) in [6.07, 6.45) is 0. The monoisotopic (exact) mass is 311 g/mol. The molecule has 1 N–H and O–H groups in total. The van der Waals surface area contributed by atoms with Gasteiger partial charge in [-0.3, -0.25) is 4.79 Å². The smallest absolute Gasteiger partial charge is 0.258 e. The molecular formula is C20H25NO2. The van der Waals surface area contributed by atoms with Gasteiger partial charge in [0.15, 0.2) is 6.61 Å². The molecule has 0 aromatic heterocycles. The van der Waals surface area contributed by atoms with Gasteiger partial charge < -0.3 is 10.1 Å². The first-order chi connectivity index (χ1) is 10.9. The van der Waals surface area contributed by atoms with E-state index in [9.17, 15) is 4.79 Å². The van der Waals surface area contributed by atoms with Gasteiger partial charge in [0.2, 0.25) is 0 Å². The van der Waals surface area contributed by atoms with Gasteiger partial charge >= 0.3 is 0 Å². The molecule has 0 fully saturated rings. The Bertz CT molecular complexity index is 707. The Morgan fingerprint density at radius 3 is 2.39 bits per heavy atom. The molecule has 122 valence electrons. The molecule has 0 aliphatic heterocycles. The van der Waals surface area contributed by atoms with Crippen molar-refractivity contribution >= 4 is 5.91 Å². The maximum absolute atomic E-state index is 12.1. The van der Waals surface area contributed by atoms with Crippen molar-refractivity contribution in [2.45, 2.75) is 40.7 Å². The molecule has 2 rings (SSSR count). The van der Waals surface area contributed by atoms with Crippen LogP contribution in [0.2, 0.25) is 0 Å². The third-order valence-electron chi connectivity index (χ3n) is 4.12. The number of carbonyl (C=O) groups is 1. The first kappa shape index (κ1) is 17.1. The Hall–Kier alpha value is -2.29. The fourth-order valence-corrected chi connectivity index (χ4v) is 2.62. The van der Waals surface area contributed by atoms with E-state index in [2.05, 4.69) is 44.3 Å². The van der Waals surface area contributed by atoms with Crippen molar-refractivity contribution in [3.05, 3.63) is 64.2 Å². The summed E-state index contributed by atoms with van der Waals surface area (Å²) < 4.78 is 5.58. The number of nitrogens with one attached hydrogen (secondary N) is 1. The zero-order valence-corrected chi connectivity index (χ0v) is 14.6. The summed E-state index contributed by atoms with van der Waals surface area (Å²) >= 11 is 0. The topological polar surface area (TPSA) is 38.3 Å². The second kappa shape index (κ2) is 7.32. The van der Waals surface area contributed by atoms with E-state index in [1.807, 2.05) is 32.0 Å². The highest BCUT2D eigenvalue weighted by molar-refractivity contribution is 5.78. The molecule has 2 aromatic carbocycles. The molecule has 0 heterocycles. The molecule has 1 amide bonds. The Kier molecular flexibility index (Phi) is 5.43. The second-order valence-corrected chi connectivity index (χ2v) is 6.18. The zero-order valence-electron chi connectivity index (χ0n) is 14.6. The van der Waals surface area contributed by atoms with Gasteiger partial charge in [-0.15, -0.1) is 0 Å². The highest BCUT2D eigenvalue weighted by Gasteiger charge is 2.12. The Labute approximate surface area is 138 Å². The first-order valence-electron chi connectivity index (χ1n) is 7.93. The van der Waals surface area contributed by atoms with Gasteiger partial charge in [-0.05, 0) is 69.0 Å². The van der Waals surface area contributed by atoms with Crippen LogP contribution in [0.1, 0.15) is 40.8 Å². The Morgan fingerprint density at radius 2 is 1.74 bits per heavy atom. The fourth-order valence-electron chi connectivity index (χ4n) is 2.62. The normalized spacial score (nSPS) is 11.9. The Balaban J connectivity index is 1.92. The van der Waals surface area contributed by atoms with E-state index in [0.717, 1.165) is 16.9 Å². The van der Waals surface area contributed by atoms with E-state index in [4.69, 9.17) is 4.74 Å². The van der Waals surface area contributed by atoms with Crippen molar-refractivity contribution in [2.75, 3.05) is 6.61 Å². The highest BCUT2D eigenvalue weighted by atomic mass is 16.5. The van der Waals surface area contributed by atoms with Gasteiger partial charge in [0.1, 0.15) is 5.75 Å². The summed E-state index contributed by atoms with van der Waals surface area (Å²) in [5, 5.41) is 2.99. The van der Waals surface area contributed by atoms with E-state index in [0.29, 0.717) is 0 Å². The summed E-state index contributed by atoms with van der Waals surface area (Å²) in [5.41, 5.74) is 5.92. The molecule has 0 saturated carbocycles. The van der Waals surface area contributed by atoms with Crippen molar-refractivity contribution in [2.24, 2.45) is 0 Å². The molecule has 3 nitrogen and oxygen atoms in total. The highest BCUT2D eigenvalue weighted by Crippen LogP contribution is 2.19. The molecule has 0 aliphatic rings. The van der Waals surface area contributed by atoms with Gasteiger partial charge in [-0.1, -0.05) is 29.8 Å². The molecule has 0 spiro atoms. The van der Waals surface area contributed by atoms with Crippen LogP contribution in [0, 0.1) is 27.7 Å². The van der Waals surface area contributed by atoms with Crippen molar-refractivity contribution in [1.29, 1.82) is 0 Å². The quantitative estimate of drug-likeness (QED) is 0.899. The first-order valence-corrected chi connectivity index (χ1v) is 7.93. The van der Waals surface area contributed by atoms with Gasteiger partial charge in [0.25, 0.3) is 5.91 Å². The van der Waals surface area contributed by atoms with Crippen molar-refractivity contribution < 1.29 is 9.53 Å². The molecule has 0 aliphatic carbocycles. The van der Waals surface area contributed by atoms with Crippen LogP contribution in [-0.4, -0.2) is 12.5 Å². The molecule has 1 unspecified atom stereocenters. The molecular weight excluding hydrogens is 286 g/mol. The van der Waals surface area contributed by atoms with Crippen LogP contribution in [0.25, 0.3) is 0 Å². The lowest BCUT2D eigenvalue weighted by Crippen LogP contribution is -2.31. The summed E-state index contributed by atoms with van der Waals surface area (Å²) in [7, 11) is 0. The number of carbonyl (C=O) groups excluding carboxylic acids is 1. The van der Waals surface area contributed by atoms with Crippen molar-refractivity contribution in [3.63, 3.8) is 0 Å². The van der Waals surface area contributed by atoms with Crippen molar-refractivity contribution in [1.82, 2.24) is 5.32 Å². The van der Waals surface area contributed by atoms with E-state index >= 15 is 0 Å². The van der Waals surface area contributed by atoms with Crippen LogP contribution in [0.3, 0.4) is 0 Å². The molecule has 1 atom stereocenters. The lowest BCUT2D eigenvalue weighted by Gasteiger charge is -2.17. The molecule has 2 aromatic rings. The van der Waals surface area contributed by atoms with Crippen LogP contribution in [-0.2, 0) is 4.79 Å². The predicted molar refractivity (Wildman–Crippen MR) is 93.9 cm³/mol. The van der Waals surface area contributed by atoms with Crippen LogP contribution >= 0.6 is 0 Å². The number of ether oxygens (including phenoxy) is 1. The number of amides is 1. The van der Waals surface area contributed by atoms with Crippen molar-refractivity contribution in [3.8, 4) is 5.75 Å². The minimum Gasteiger partial charge on any atom is -0.484 e. The van der Waals surface area contributed by atoms with Crippen LogP contribution < -0.4 is 10.1 Å². The van der Waals surface area contributed by atoms with E-state index < -0.39 is 0 Å². The maximum Gasteiger partial charge on any atom is 0.258 e. The lowest BCUT2D eigenvalue weighted by molar-refractivity contribution is -0.123. The second-order valence-electron chi connectivity index (χ2n) is 6.18. The molecule has 0 saturated heterocycles. The van der Waals surface area contributed by atoms with Gasteiger partial charge in [0.05, 0.1) is 6.04 Å². The van der Waals surface area contributed by atoms with E-state index in [1.165, 1.54) is 16.7 Å². The summed E-state index contributed by atoms with van der Waals surface area (Å²) in [4.78, 5) is 12.1. The van der Waals surface area contributed by atoms with E-state index in [1.54, 1.807) is 0 Å². The third-order valence-corrected chi connectivity index (χ3v) is 4.12. The zero-order chi connectivity index (χ0) is 17.0. The van der Waals surface area contributed by atoms with E-state index in [-0.39, 0.29) is 18.6 Å². The SMILES string of the molecule is Cc1ccc(C(C)NC(=O)COc2ccc(C)c(C)c2)c(C)c1. The largest absolute Gasteiger partial charge is 0.484 e. The molecule has 0 radical (unpaired) electrons. The van der Waals surface area contributed by atoms with Gasteiger partial charge in [-0.2, -0.15) is 0 Å². The molecule has 23 heavy (non-hydrogen) atoms. The fraction of sp³-hybridized carbons (Fsp3) is 0.350. The predicted octanol–water partition coefficient (Wildman–Crippen LogP) is 4.18. The van der Waals surface area contributed by atoms with Gasteiger partial charge in [-0.25, -0.2) is 0 Å². The lowest BCUT2D eigenvalue weighted by atomic mass is 10.0. The standard InChI is InChI=1S/C20H25NO2/c1-13-6-9-19(16(4)10-13)17(5)21-20(22)12-23-18-8-7-14(2)15(3)11-18/h6-11,17H,12H2,1-5H3,(H,21,22).